The number of hydrogen-bond acceptors (Lipinski definition) is 4. The molecule has 0 bridgehead atoms. The second kappa shape index (κ2) is 4.31. The Bertz CT molecular complexity index is 384. The topological polar surface area (TPSA) is 66.4 Å². The Labute approximate surface area is 80.0 Å². The van der Waals surface area contributed by atoms with Gasteiger partial charge in [0.25, 0.3) is 0 Å². The molecule has 0 saturated heterocycles. The van der Waals surface area contributed by atoms with E-state index >= 15 is 0 Å². The van der Waals surface area contributed by atoms with Gasteiger partial charge < -0.3 is 9.15 Å². The van der Waals surface area contributed by atoms with E-state index in [0.29, 0.717) is 0 Å². The van der Waals surface area contributed by atoms with E-state index in [-0.39, 0.29) is 5.91 Å². The van der Waals surface area contributed by atoms with E-state index in [0.717, 1.165) is 9.36 Å². The highest BCUT2D eigenvalue weighted by atomic mass is 16.5. The number of ether oxygens (including phenoxy) is 1. The molecule has 0 spiro atoms. The van der Waals surface area contributed by atoms with Crippen LogP contribution in [0.25, 0.3) is 0 Å². The molecule has 1 heterocycles. The number of nitrogens with zero attached hydrogens (tertiary/aromatic N) is 2. The smallest absolute Gasteiger partial charge is 0.433 e. The molecule has 0 amide bonds. The third-order valence-electron chi connectivity index (χ3n) is 1.48. The van der Waals surface area contributed by atoms with Crippen LogP contribution in [0.15, 0.2) is 29.3 Å². The summed E-state index contributed by atoms with van der Waals surface area (Å²) in [6.45, 7) is 1.32. The molecule has 0 saturated carbocycles. The molecule has 0 atom stereocenters. The lowest BCUT2D eigenvalue weighted by molar-refractivity contribution is 0.0892. The molecule has 6 heteroatoms. The van der Waals surface area contributed by atoms with Crippen molar-refractivity contribution >= 4 is 12.0 Å². The fourth-order valence-electron chi connectivity index (χ4n) is 0.874. The van der Waals surface area contributed by atoms with Crippen LogP contribution in [0.2, 0.25) is 0 Å². The van der Waals surface area contributed by atoms with Crippen LogP contribution < -0.4 is 0 Å². The van der Waals surface area contributed by atoms with Gasteiger partial charge in [-0.25, -0.2) is 9.48 Å². The standard InChI is InChI=1S/C8H10N2O4/c1-7(11)9-3-5-14-6-4-10(9)8(12)13-2/h3-6H,1-2H3. The maximum Gasteiger partial charge on any atom is 0.433 e. The largest absolute Gasteiger partial charge is 0.469 e. The van der Waals surface area contributed by atoms with Crippen LogP contribution >= 0.6 is 0 Å². The minimum Gasteiger partial charge on any atom is -0.469 e. The molecule has 0 fully saturated rings. The predicted molar refractivity (Wildman–Crippen MR) is 46.4 cm³/mol. The Balaban J connectivity index is 3.34. The summed E-state index contributed by atoms with van der Waals surface area (Å²) in [4.78, 5) is 22.3. The van der Waals surface area contributed by atoms with Gasteiger partial charge in [0.2, 0.25) is 5.91 Å². The van der Waals surface area contributed by atoms with E-state index in [1.807, 2.05) is 0 Å². The van der Waals surface area contributed by atoms with Crippen molar-refractivity contribution in [3.63, 3.8) is 0 Å². The van der Waals surface area contributed by atoms with Crippen LogP contribution in [-0.2, 0) is 4.74 Å². The molecule has 6 nitrogen and oxygen atoms in total. The number of hydrogen-bond donors (Lipinski definition) is 0. The average Bonchev–Trinajstić information content (AvgIpc) is 2.41. The van der Waals surface area contributed by atoms with E-state index < -0.39 is 6.09 Å². The third kappa shape index (κ3) is 2.03. The van der Waals surface area contributed by atoms with Crippen molar-refractivity contribution in [3.8, 4) is 0 Å². The van der Waals surface area contributed by atoms with Gasteiger partial charge in [-0.2, -0.15) is 4.68 Å². The summed E-state index contributed by atoms with van der Waals surface area (Å²) >= 11 is 0. The first-order valence-electron chi connectivity index (χ1n) is 3.82. The van der Waals surface area contributed by atoms with E-state index in [1.54, 1.807) is 0 Å². The summed E-state index contributed by atoms with van der Waals surface area (Å²) in [6, 6.07) is 0. The van der Waals surface area contributed by atoms with E-state index in [2.05, 4.69) is 4.74 Å². The Hall–Kier alpha value is -1.98. The normalized spacial score (nSPS) is 9.29. The van der Waals surface area contributed by atoms with Crippen molar-refractivity contribution in [3.05, 3.63) is 24.9 Å². The zero-order valence-corrected chi connectivity index (χ0v) is 7.84. The molecular formula is C8H10N2O4. The van der Waals surface area contributed by atoms with Crippen molar-refractivity contribution in [2.45, 2.75) is 6.92 Å². The average molecular weight is 198 g/mol. The summed E-state index contributed by atoms with van der Waals surface area (Å²) in [5.41, 5.74) is 0. The molecule has 0 unspecified atom stereocenters. The zero-order valence-electron chi connectivity index (χ0n) is 7.84. The van der Waals surface area contributed by atoms with Crippen molar-refractivity contribution in [2.24, 2.45) is 0 Å². The van der Waals surface area contributed by atoms with Gasteiger partial charge in [-0.05, 0) is 0 Å². The maximum absolute atomic E-state index is 11.2. The first-order valence-corrected chi connectivity index (χ1v) is 3.82. The van der Waals surface area contributed by atoms with Crippen LogP contribution in [-0.4, -0.2) is 28.5 Å². The molecule has 0 radical (unpaired) electrons. The molecule has 1 rings (SSSR count). The summed E-state index contributed by atoms with van der Waals surface area (Å²) in [5.74, 6) is -0.332. The lowest BCUT2D eigenvalue weighted by atomic mass is 10.7. The molecule has 14 heavy (non-hydrogen) atoms. The SMILES string of the molecule is COC(=O)n1ccoccn1C(C)=O. The van der Waals surface area contributed by atoms with Gasteiger partial charge in [-0.15, -0.1) is 0 Å². The fraction of sp³-hybridized carbons (Fsp3) is 0.250. The Morgan fingerprint density at radius 3 is 2.29 bits per heavy atom. The molecule has 76 valence electrons. The van der Waals surface area contributed by atoms with Gasteiger partial charge in [0, 0.05) is 6.92 Å². The molecule has 0 aliphatic heterocycles. The second-order valence-corrected chi connectivity index (χ2v) is 2.38. The van der Waals surface area contributed by atoms with Crippen molar-refractivity contribution in [1.82, 2.24) is 9.36 Å². The van der Waals surface area contributed by atoms with Crippen LogP contribution in [0.5, 0.6) is 0 Å². The van der Waals surface area contributed by atoms with Crippen LogP contribution in [0, 0.1) is 0 Å². The van der Waals surface area contributed by atoms with E-state index in [1.165, 1.54) is 39.0 Å². The van der Waals surface area contributed by atoms with Crippen LogP contribution in [0.1, 0.15) is 11.7 Å². The first kappa shape index (κ1) is 10.1. The van der Waals surface area contributed by atoms with Crippen LogP contribution in [0.3, 0.4) is 0 Å². The maximum atomic E-state index is 11.2. The summed E-state index contributed by atoms with van der Waals surface area (Å²) in [7, 11) is 1.23. The van der Waals surface area contributed by atoms with E-state index in [9.17, 15) is 9.59 Å². The molecule has 1 aromatic heterocycles. The number of carbonyl (C=O) groups is 2. The highest BCUT2D eigenvalue weighted by Gasteiger charge is 2.07. The zero-order chi connectivity index (χ0) is 10.6. The Kier molecular flexibility index (Phi) is 3.11. The number of rotatable bonds is 0. The lowest BCUT2D eigenvalue weighted by Crippen LogP contribution is -2.25. The summed E-state index contributed by atoms with van der Waals surface area (Å²) in [6.07, 6.45) is 4.47. The van der Waals surface area contributed by atoms with Crippen molar-refractivity contribution in [2.75, 3.05) is 7.11 Å². The third-order valence-corrected chi connectivity index (χ3v) is 1.48. The Morgan fingerprint density at radius 1 is 1.21 bits per heavy atom. The monoisotopic (exact) mass is 198 g/mol. The van der Waals surface area contributed by atoms with Crippen molar-refractivity contribution < 1.29 is 18.7 Å². The number of aromatic nitrogens is 2. The van der Waals surface area contributed by atoms with Gasteiger partial charge in [0.05, 0.1) is 19.5 Å². The van der Waals surface area contributed by atoms with Gasteiger partial charge in [-0.3, -0.25) is 4.79 Å². The number of carbonyl (C=O) groups excluding carboxylic acids is 2. The molecule has 0 aromatic carbocycles. The van der Waals surface area contributed by atoms with Gasteiger partial charge >= 0.3 is 6.09 Å². The number of methoxy groups -OCH3 is 1. The fourth-order valence-corrected chi connectivity index (χ4v) is 0.874. The summed E-state index contributed by atoms with van der Waals surface area (Å²) < 4.78 is 11.3. The molecule has 0 N–H and O–H groups in total. The molecular weight excluding hydrogens is 188 g/mol. The lowest BCUT2D eigenvalue weighted by Gasteiger charge is -2.07. The molecule has 1 aromatic rings. The highest BCUT2D eigenvalue weighted by molar-refractivity contribution is 5.79. The second-order valence-electron chi connectivity index (χ2n) is 2.38. The van der Waals surface area contributed by atoms with Gasteiger partial charge in [0.15, 0.2) is 0 Å². The highest BCUT2D eigenvalue weighted by Crippen LogP contribution is 1.92. The van der Waals surface area contributed by atoms with E-state index in [4.69, 9.17) is 4.42 Å². The Morgan fingerprint density at radius 2 is 1.79 bits per heavy atom. The summed E-state index contributed by atoms with van der Waals surface area (Å²) in [5, 5.41) is 0. The van der Waals surface area contributed by atoms with Gasteiger partial charge in [0.1, 0.15) is 12.5 Å². The van der Waals surface area contributed by atoms with Crippen LogP contribution in [0.4, 0.5) is 4.79 Å². The minimum atomic E-state index is -0.674. The van der Waals surface area contributed by atoms with Crippen molar-refractivity contribution in [1.29, 1.82) is 0 Å². The molecule has 0 aliphatic carbocycles. The quantitative estimate of drug-likeness (QED) is 0.629. The first-order chi connectivity index (χ1) is 6.66. The predicted octanol–water partition coefficient (Wildman–Crippen LogP) is 1.28. The minimum absolute atomic E-state index is 0.332. The molecule has 0 aliphatic rings. The van der Waals surface area contributed by atoms with Gasteiger partial charge in [-0.1, -0.05) is 0 Å².